The number of nitrogens with two attached hydrogens (primary N) is 1. The molecule has 28 heavy (non-hydrogen) atoms. The number of nitrogens with zero attached hydrogens (tertiary/aromatic N) is 2. The third kappa shape index (κ3) is 6.93. The van der Waals surface area contributed by atoms with Gasteiger partial charge in [0.2, 0.25) is 0 Å². The third-order valence-corrected chi connectivity index (χ3v) is 5.51. The summed E-state index contributed by atoms with van der Waals surface area (Å²) in [6.07, 6.45) is 17.6. The Balaban J connectivity index is 1.88. The van der Waals surface area contributed by atoms with Gasteiger partial charge >= 0.3 is 0 Å². The van der Waals surface area contributed by atoms with E-state index in [-0.39, 0.29) is 12.8 Å². The molecule has 1 aliphatic heterocycles. The first-order chi connectivity index (χ1) is 13.5. The van der Waals surface area contributed by atoms with Crippen molar-refractivity contribution in [1.29, 1.82) is 0 Å². The van der Waals surface area contributed by atoms with Crippen molar-refractivity contribution in [3.8, 4) is 0 Å². The van der Waals surface area contributed by atoms with Crippen LogP contribution in [0.25, 0.3) is 0 Å². The van der Waals surface area contributed by atoms with Gasteiger partial charge in [-0.05, 0) is 69.0 Å². The van der Waals surface area contributed by atoms with Crippen LogP contribution in [0.5, 0.6) is 0 Å². The Bertz CT molecular complexity index is 624. The number of allylic oxidation sites excluding steroid dienone is 3. The number of ether oxygens (including phenoxy) is 1. The van der Waals surface area contributed by atoms with Crippen molar-refractivity contribution in [3.63, 3.8) is 0 Å². The molecule has 6 nitrogen and oxygen atoms in total. The number of aliphatic hydroxyl groups is 1. The monoisotopic (exact) mass is 388 g/mol. The molecule has 156 valence electrons. The summed E-state index contributed by atoms with van der Waals surface area (Å²) >= 11 is 0. The zero-order valence-electron chi connectivity index (χ0n) is 17.4. The minimum Gasteiger partial charge on any atom is -0.388 e. The van der Waals surface area contributed by atoms with E-state index in [1.807, 2.05) is 12.5 Å². The van der Waals surface area contributed by atoms with Crippen LogP contribution in [0.3, 0.4) is 0 Å². The highest BCUT2D eigenvalue weighted by molar-refractivity contribution is 5.60. The predicted octanol–water partition coefficient (Wildman–Crippen LogP) is 2.69. The molecule has 0 aromatic rings. The first kappa shape index (κ1) is 22.4. The van der Waals surface area contributed by atoms with E-state index in [0.29, 0.717) is 31.2 Å². The average molecular weight is 389 g/mol. The van der Waals surface area contributed by atoms with Gasteiger partial charge in [0.15, 0.2) is 0 Å². The smallest absolute Gasteiger partial charge is 0.143 e. The molecule has 0 radical (unpaired) electrons. The molecule has 4 N–H and O–H groups in total. The van der Waals surface area contributed by atoms with Gasteiger partial charge in [-0.1, -0.05) is 25.2 Å². The lowest BCUT2D eigenvalue weighted by molar-refractivity contribution is 0.0108. The zero-order chi connectivity index (χ0) is 20.4. The van der Waals surface area contributed by atoms with Gasteiger partial charge in [0.25, 0.3) is 0 Å². The van der Waals surface area contributed by atoms with Gasteiger partial charge in [-0.15, -0.1) is 0 Å². The van der Waals surface area contributed by atoms with Gasteiger partial charge in [-0.25, -0.2) is 0 Å². The predicted molar refractivity (Wildman–Crippen MR) is 116 cm³/mol. The summed E-state index contributed by atoms with van der Waals surface area (Å²) in [6.45, 7) is 7.35. The van der Waals surface area contributed by atoms with E-state index >= 15 is 0 Å². The van der Waals surface area contributed by atoms with Gasteiger partial charge < -0.3 is 25.8 Å². The highest BCUT2D eigenvalue weighted by Gasteiger charge is 2.20. The van der Waals surface area contributed by atoms with Crippen LogP contribution >= 0.6 is 0 Å². The second kappa shape index (κ2) is 11.8. The third-order valence-electron chi connectivity index (χ3n) is 5.51. The first-order valence-corrected chi connectivity index (χ1v) is 10.2. The van der Waals surface area contributed by atoms with Gasteiger partial charge in [0.05, 0.1) is 25.0 Å². The van der Waals surface area contributed by atoms with E-state index in [2.05, 4.69) is 66.5 Å². The van der Waals surface area contributed by atoms with Crippen LogP contribution in [-0.4, -0.2) is 54.4 Å². The van der Waals surface area contributed by atoms with Crippen molar-refractivity contribution < 1.29 is 9.84 Å². The Morgan fingerprint density at radius 2 is 2.29 bits per heavy atom. The zero-order valence-corrected chi connectivity index (χ0v) is 17.4. The van der Waals surface area contributed by atoms with E-state index in [0.717, 1.165) is 24.8 Å². The molecular formula is C22H36N4O2. The van der Waals surface area contributed by atoms with Gasteiger partial charge in [-0.2, -0.15) is 0 Å². The molecule has 6 heteroatoms. The maximum Gasteiger partial charge on any atom is 0.143 e. The van der Waals surface area contributed by atoms with Crippen LogP contribution in [0, 0.1) is 5.92 Å². The second-order valence-electron chi connectivity index (χ2n) is 7.65. The largest absolute Gasteiger partial charge is 0.388 e. The molecule has 0 aromatic carbocycles. The van der Waals surface area contributed by atoms with Gasteiger partial charge in [0, 0.05) is 12.2 Å². The lowest BCUT2D eigenvalue weighted by atomic mass is 9.98. The molecule has 0 amide bonds. The number of rotatable bonds is 11. The summed E-state index contributed by atoms with van der Waals surface area (Å²) < 4.78 is 5.08. The summed E-state index contributed by atoms with van der Waals surface area (Å²) in [6, 6.07) is 1.03. The molecule has 1 heterocycles. The minimum atomic E-state index is -0.245. The summed E-state index contributed by atoms with van der Waals surface area (Å²) in [5.41, 5.74) is 8.29. The number of hydrogen-bond donors (Lipinski definition) is 3. The van der Waals surface area contributed by atoms with E-state index < -0.39 is 0 Å². The summed E-state index contributed by atoms with van der Waals surface area (Å²) in [7, 11) is 0. The Labute approximate surface area is 169 Å². The summed E-state index contributed by atoms with van der Waals surface area (Å²) in [4.78, 5) is 6.61. The van der Waals surface area contributed by atoms with Gasteiger partial charge in [-0.3, -0.25) is 4.99 Å². The molecule has 4 atom stereocenters. The minimum absolute atomic E-state index is 0.245. The highest BCUT2D eigenvalue weighted by Crippen LogP contribution is 2.19. The Kier molecular flexibility index (Phi) is 9.47. The molecule has 0 spiro atoms. The lowest BCUT2D eigenvalue weighted by Gasteiger charge is -2.23. The van der Waals surface area contributed by atoms with Crippen molar-refractivity contribution in [2.24, 2.45) is 16.6 Å². The van der Waals surface area contributed by atoms with Crippen molar-refractivity contribution >= 4 is 6.34 Å². The molecule has 0 saturated heterocycles. The maximum absolute atomic E-state index is 8.79. The maximum atomic E-state index is 8.79. The van der Waals surface area contributed by atoms with E-state index in [1.54, 1.807) is 0 Å². The number of nitrogens with one attached hydrogen (secondary N) is 1. The SMILES string of the molecule is CC1N=CN(/C=C/CC(N/C=C/C2=CC(COCO)=CCC2)[C@H](C)CN)[C@@H]1C. The van der Waals surface area contributed by atoms with E-state index in [4.69, 9.17) is 15.6 Å². The Morgan fingerprint density at radius 1 is 1.46 bits per heavy atom. The molecule has 1 aliphatic carbocycles. The quantitative estimate of drug-likeness (QED) is 0.474. The topological polar surface area (TPSA) is 83.1 Å². The normalized spacial score (nSPS) is 24.7. The highest BCUT2D eigenvalue weighted by atomic mass is 16.6. The standard InChI is InChI=1S/C22H36N4O2/c1-17(13-23)22(8-5-11-26-15-25-18(2)19(26)3)24-10-9-20-6-4-7-21(12-20)14-28-16-27/h5,7,9-12,15,17-19,22,24,27H,4,6,8,13-14,16,23H2,1-3H3/b10-9+,11-5+/t17-,18?,19-,22?/m1/s1. The molecule has 0 aromatic heterocycles. The van der Waals surface area contributed by atoms with E-state index in [9.17, 15) is 0 Å². The summed E-state index contributed by atoms with van der Waals surface area (Å²) in [5.74, 6) is 0.367. The van der Waals surface area contributed by atoms with Crippen molar-refractivity contribution in [2.75, 3.05) is 19.9 Å². The summed E-state index contributed by atoms with van der Waals surface area (Å²) in [5, 5.41) is 12.3. The van der Waals surface area contributed by atoms with Crippen LogP contribution in [-0.2, 0) is 4.74 Å². The second-order valence-corrected chi connectivity index (χ2v) is 7.65. The number of aliphatic hydroxyl groups excluding tert-OH is 1. The van der Waals surface area contributed by atoms with Crippen LogP contribution in [0.1, 0.15) is 40.0 Å². The van der Waals surface area contributed by atoms with Crippen molar-refractivity contribution in [1.82, 2.24) is 10.2 Å². The Hall–Kier alpha value is -1.89. The molecule has 0 bridgehead atoms. The average Bonchev–Trinajstić information content (AvgIpc) is 3.03. The fourth-order valence-corrected chi connectivity index (χ4v) is 3.26. The molecule has 2 aliphatic rings. The van der Waals surface area contributed by atoms with Crippen molar-refractivity contribution in [2.45, 2.75) is 58.2 Å². The van der Waals surface area contributed by atoms with Crippen LogP contribution in [0.4, 0.5) is 0 Å². The molecule has 0 saturated carbocycles. The van der Waals surface area contributed by atoms with Crippen LogP contribution < -0.4 is 11.1 Å². The van der Waals surface area contributed by atoms with Crippen LogP contribution in [0.15, 0.2) is 52.8 Å². The molecule has 2 unspecified atom stereocenters. The number of aliphatic imine (C=N–C) groups is 1. The molecular weight excluding hydrogens is 352 g/mol. The fraction of sp³-hybridized carbons (Fsp3) is 0.591. The van der Waals surface area contributed by atoms with Gasteiger partial charge in [0.1, 0.15) is 6.79 Å². The number of hydrogen-bond acceptors (Lipinski definition) is 6. The first-order valence-electron chi connectivity index (χ1n) is 10.2. The lowest BCUT2D eigenvalue weighted by Crippen LogP contribution is -2.35. The van der Waals surface area contributed by atoms with E-state index in [1.165, 1.54) is 5.57 Å². The van der Waals surface area contributed by atoms with Crippen LogP contribution in [0.2, 0.25) is 0 Å². The fourth-order valence-electron chi connectivity index (χ4n) is 3.26. The molecule has 0 fully saturated rings. The Morgan fingerprint density at radius 3 is 2.96 bits per heavy atom. The van der Waals surface area contributed by atoms with Crippen molar-refractivity contribution in [3.05, 3.63) is 47.9 Å². The molecule has 2 rings (SSSR count).